The summed E-state index contributed by atoms with van der Waals surface area (Å²) >= 11 is 0. The summed E-state index contributed by atoms with van der Waals surface area (Å²) < 4.78 is 2.09. The number of aryl methyl sites for hydroxylation is 2. The molecule has 0 saturated heterocycles. The monoisotopic (exact) mass is 332 g/mol. The predicted octanol–water partition coefficient (Wildman–Crippen LogP) is 4.40. The summed E-state index contributed by atoms with van der Waals surface area (Å²) in [5.41, 5.74) is 4.71. The van der Waals surface area contributed by atoms with Crippen molar-refractivity contribution in [2.75, 3.05) is 0 Å². The molecule has 25 heavy (non-hydrogen) atoms. The number of benzene rings is 2. The Bertz CT molecular complexity index is 802. The molecule has 1 N–H and O–H groups in total. The zero-order chi connectivity index (χ0) is 17.6. The van der Waals surface area contributed by atoms with Crippen LogP contribution in [0.25, 0.3) is 0 Å². The second-order valence-corrected chi connectivity index (χ2v) is 6.52. The quantitative estimate of drug-likeness (QED) is 0.713. The van der Waals surface area contributed by atoms with Gasteiger partial charge in [0.2, 0.25) is 5.91 Å². The van der Waals surface area contributed by atoms with Gasteiger partial charge >= 0.3 is 0 Å². The molecule has 0 aliphatic carbocycles. The van der Waals surface area contributed by atoms with Gasteiger partial charge in [-0.15, -0.1) is 0 Å². The van der Waals surface area contributed by atoms with Crippen LogP contribution in [0.4, 0.5) is 0 Å². The molecule has 0 saturated carbocycles. The van der Waals surface area contributed by atoms with Crippen molar-refractivity contribution >= 4 is 5.91 Å². The van der Waals surface area contributed by atoms with Crippen LogP contribution in [0.2, 0.25) is 0 Å². The van der Waals surface area contributed by atoms with Gasteiger partial charge in [-0.25, -0.2) is 0 Å². The van der Waals surface area contributed by atoms with Crippen LogP contribution in [0.5, 0.6) is 0 Å². The van der Waals surface area contributed by atoms with Crippen molar-refractivity contribution in [3.8, 4) is 0 Å². The van der Waals surface area contributed by atoms with E-state index in [1.54, 1.807) is 0 Å². The van der Waals surface area contributed by atoms with Crippen LogP contribution in [0.1, 0.15) is 34.7 Å². The maximum Gasteiger partial charge on any atom is 0.222 e. The van der Waals surface area contributed by atoms with E-state index in [2.05, 4.69) is 72.3 Å². The molecule has 128 valence electrons. The van der Waals surface area contributed by atoms with Gasteiger partial charge in [-0.2, -0.15) is 0 Å². The van der Waals surface area contributed by atoms with Crippen molar-refractivity contribution in [3.05, 3.63) is 95.3 Å². The number of amides is 1. The van der Waals surface area contributed by atoms with Crippen LogP contribution in [0, 0.1) is 13.8 Å². The Morgan fingerprint density at radius 1 is 0.920 bits per heavy atom. The van der Waals surface area contributed by atoms with E-state index in [0.29, 0.717) is 13.0 Å². The average Bonchev–Trinajstić information content (AvgIpc) is 3.14. The number of carbonyl (C=O) groups excluding carboxylic acids is 1. The van der Waals surface area contributed by atoms with Gasteiger partial charge in [0, 0.05) is 18.9 Å². The molecule has 0 spiro atoms. The van der Waals surface area contributed by atoms with E-state index in [9.17, 15) is 4.79 Å². The Labute approximate surface area is 149 Å². The Morgan fingerprint density at radius 3 is 2.08 bits per heavy atom. The lowest BCUT2D eigenvalue weighted by molar-refractivity contribution is -0.121. The summed E-state index contributed by atoms with van der Waals surface area (Å²) in [5.74, 6) is 0.0554. The molecule has 1 aromatic heterocycles. The third-order valence-electron chi connectivity index (χ3n) is 4.44. The topological polar surface area (TPSA) is 34.0 Å². The highest BCUT2D eigenvalue weighted by atomic mass is 16.1. The minimum absolute atomic E-state index is 0.00798. The van der Waals surface area contributed by atoms with Crippen LogP contribution in [-0.4, -0.2) is 10.5 Å². The second-order valence-electron chi connectivity index (χ2n) is 6.52. The predicted molar refractivity (Wildman–Crippen MR) is 101 cm³/mol. The van der Waals surface area contributed by atoms with Gasteiger partial charge in [0.25, 0.3) is 0 Å². The molecular formula is C22H24N2O. The standard InChI is InChI=1S/C22H24N2O/c1-17-5-9-19(10-6-17)16-23-22(25)15-21(24-13-3-4-14-24)20-11-7-18(2)8-12-20/h3-14,21H,15-16H2,1-2H3,(H,23,25)/t21-/m0/s1. The lowest BCUT2D eigenvalue weighted by atomic mass is 10.0. The van der Waals surface area contributed by atoms with E-state index in [0.717, 1.165) is 11.1 Å². The molecule has 2 aromatic carbocycles. The van der Waals surface area contributed by atoms with Crippen LogP contribution in [0.3, 0.4) is 0 Å². The largest absolute Gasteiger partial charge is 0.352 e. The van der Waals surface area contributed by atoms with Crippen LogP contribution >= 0.6 is 0 Å². The number of hydrogen-bond acceptors (Lipinski definition) is 1. The molecule has 0 unspecified atom stereocenters. The number of nitrogens with zero attached hydrogens (tertiary/aromatic N) is 1. The van der Waals surface area contributed by atoms with E-state index in [1.807, 2.05) is 24.5 Å². The summed E-state index contributed by atoms with van der Waals surface area (Å²) in [7, 11) is 0. The third kappa shape index (κ3) is 4.60. The number of carbonyl (C=O) groups is 1. The summed E-state index contributed by atoms with van der Waals surface area (Å²) in [6.07, 6.45) is 4.44. The van der Waals surface area contributed by atoms with E-state index in [-0.39, 0.29) is 11.9 Å². The van der Waals surface area contributed by atoms with Crippen molar-refractivity contribution in [1.82, 2.24) is 9.88 Å². The lowest BCUT2D eigenvalue weighted by Crippen LogP contribution is -2.26. The second kappa shape index (κ2) is 7.84. The zero-order valence-corrected chi connectivity index (χ0v) is 14.8. The van der Waals surface area contributed by atoms with Crippen molar-refractivity contribution in [2.24, 2.45) is 0 Å². The molecule has 1 atom stereocenters. The summed E-state index contributed by atoms with van der Waals surface area (Å²) in [5, 5.41) is 3.04. The van der Waals surface area contributed by atoms with Crippen molar-refractivity contribution in [1.29, 1.82) is 0 Å². The SMILES string of the molecule is Cc1ccc(CNC(=O)C[C@@H](c2ccc(C)cc2)n2cccc2)cc1. The molecule has 3 rings (SSSR count). The van der Waals surface area contributed by atoms with Gasteiger partial charge in [-0.05, 0) is 37.1 Å². The van der Waals surface area contributed by atoms with E-state index in [4.69, 9.17) is 0 Å². The molecule has 0 fully saturated rings. The Morgan fingerprint density at radius 2 is 1.48 bits per heavy atom. The molecule has 1 heterocycles. The highest BCUT2D eigenvalue weighted by molar-refractivity contribution is 5.76. The zero-order valence-electron chi connectivity index (χ0n) is 14.8. The van der Waals surface area contributed by atoms with Crippen LogP contribution in [0.15, 0.2) is 73.1 Å². The van der Waals surface area contributed by atoms with E-state index < -0.39 is 0 Å². The number of rotatable bonds is 6. The van der Waals surface area contributed by atoms with Crippen LogP contribution in [-0.2, 0) is 11.3 Å². The lowest BCUT2D eigenvalue weighted by Gasteiger charge is -2.19. The number of nitrogens with one attached hydrogen (secondary N) is 1. The highest BCUT2D eigenvalue weighted by Crippen LogP contribution is 2.23. The van der Waals surface area contributed by atoms with Crippen molar-refractivity contribution < 1.29 is 4.79 Å². The Hall–Kier alpha value is -2.81. The first kappa shape index (κ1) is 17.0. The van der Waals surface area contributed by atoms with E-state index in [1.165, 1.54) is 11.1 Å². The van der Waals surface area contributed by atoms with Gasteiger partial charge in [0.15, 0.2) is 0 Å². The smallest absolute Gasteiger partial charge is 0.222 e. The molecule has 0 bridgehead atoms. The van der Waals surface area contributed by atoms with Crippen LogP contribution < -0.4 is 5.32 Å². The minimum Gasteiger partial charge on any atom is -0.352 e. The Balaban J connectivity index is 1.68. The van der Waals surface area contributed by atoms with E-state index >= 15 is 0 Å². The molecule has 1 amide bonds. The van der Waals surface area contributed by atoms with Gasteiger partial charge in [-0.1, -0.05) is 59.7 Å². The fourth-order valence-corrected chi connectivity index (χ4v) is 2.89. The number of aromatic nitrogens is 1. The first-order valence-corrected chi connectivity index (χ1v) is 8.63. The maximum atomic E-state index is 12.5. The van der Waals surface area contributed by atoms with Gasteiger partial charge < -0.3 is 9.88 Å². The molecule has 3 aromatic rings. The first-order valence-electron chi connectivity index (χ1n) is 8.63. The normalized spacial score (nSPS) is 11.9. The highest BCUT2D eigenvalue weighted by Gasteiger charge is 2.17. The maximum absolute atomic E-state index is 12.5. The van der Waals surface area contributed by atoms with Gasteiger partial charge in [0.1, 0.15) is 0 Å². The summed E-state index contributed by atoms with van der Waals surface area (Å²) in [6.45, 7) is 4.69. The molecule has 3 nitrogen and oxygen atoms in total. The minimum atomic E-state index is 0.00798. The first-order chi connectivity index (χ1) is 12.1. The summed E-state index contributed by atoms with van der Waals surface area (Å²) in [6, 6.07) is 20.6. The molecular weight excluding hydrogens is 308 g/mol. The van der Waals surface area contributed by atoms with Crippen molar-refractivity contribution in [3.63, 3.8) is 0 Å². The average molecular weight is 332 g/mol. The molecule has 3 heteroatoms. The van der Waals surface area contributed by atoms with Crippen molar-refractivity contribution in [2.45, 2.75) is 32.9 Å². The van der Waals surface area contributed by atoms with Gasteiger partial charge in [0.05, 0.1) is 12.5 Å². The molecule has 0 aliphatic heterocycles. The van der Waals surface area contributed by atoms with Gasteiger partial charge in [-0.3, -0.25) is 4.79 Å². The fourth-order valence-electron chi connectivity index (χ4n) is 2.89. The summed E-state index contributed by atoms with van der Waals surface area (Å²) in [4.78, 5) is 12.5. The molecule has 0 radical (unpaired) electrons. The fraction of sp³-hybridized carbons (Fsp3) is 0.227. The third-order valence-corrected chi connectivity index (χ3v) is 4.44. The Kier molecular flexibility index (Phi) is 5.34. The number of hydrogen-bond donors (Lipinski definition) is 1. The molecule has 0 aliphatic rings.